The molecule has 0 radical (unpaired) electrons. The summed E-state index contributed by atoms with van der Waals surface area (Å²) in [7, 11) is -3.75. The van der Waals surface area contributed by atoms with Crippen molar-refractivity contribution < 1.29 is 31.8 Å². The molecule has 210 valence electrons. The third-order valence-corrected chi connectivity index (χ3v) is 8.75. The van der Waals surface area contributed by atoms with Crippen LogP contribution < -0.4 is 19.7 Å². The SMILES string of the molecule is Cc1cc(NC(=O)c2ccc(NS(=O)(=O)CCO)cc2N2CCC3(CC2)CC3)nc(OC2(C=C(F)F)CC2)n1. The molecule has 1 aliphatic heterocycles. The Morgan fingerprint density at radius 3 is 2.46 bits per heavy atom. The number of rotatable bonds is 10. The maximum absolute atomic E-state index is 13.5. The largest absolute Gasteiger partial charge is 0.452 e. The average molecular weight is 564 g/mol. The van der Waals surface area contributed by atoms with Gasteiger partial charge < -0.3 is 20.1 Å². The number of aromatic nitrogens is 2. The summed E-state index contributed by atoms with van der Waals surface area (Å²) in [6.45, 7) is 2.63. The van der Waals surface area contributed by atoms with E-state index >= 15 is 0 Å². The van der Waals surface area contributed by atoms with E-state index in [9.17, 15) is 22.0 Å². The number of carbonyl (C=O) groups excluding carboxylic acids is 1. The lowest BCUT2D eigenvalue weighted by Crippen LogP contribution is -2.35. The van der Waals surface area contributed by atoms with Gasteiger partial charge in [-0.25, -0.2) is 13.4 Å². The fourth-order valence-corrected chi connectivity index (χ4v) is 5.74. The van der Waals surface area contributed by atoms with Crippen LogP contribution in [-0.2, 0) is 10.0 Å². The first-order valence-electron chi connectivity index (χ1n) is 12.9. The Morgan fingerprint density at radius 1 is 1.13 bits per heavy atom. The second-order valence-electron chi connectivity index (χ2n) is 10.6. The number of amides is 1. The van der Waals surface area contributed by atoms with Crippen molar-refractivity contribution in [2.75, 3.05) is 40.4 Å². The van der Waals surface area contributed by atoms with E-state index < -0.39 is 40.0 Å². The molecule has 13 heteroatoms. The number of benzene rings is 1. The molecule has 0 unspecified atom stereocenters. The molecular weight excluding hydrogens is 532 g/mol. The minimum absolute atomic E-state index is 0.111. The molecule has 3 N–H and O–H groups in total. The van der Waals surface area contributed by atoms with Crippen LogP contribution in [0, 0.1) is 12.3 Å². The number of halogens is 2. The smallest absolute Gasteiger partial charge is 0.319 e. The van der Waals surface area contributed by atoms with Gasteiger partial charge in [0, 0.05) is 30.9 Å². The Bertz CT molecular complexity index is 1400. The highest BCUT2D eigenvalue weighted by Gasteiger charge is 2.46. The van der Waals surface area contributed by atoms with Gasteiger partial charge in [0.05, 0.1) is 29.3 Å². The van der Waals surface area contributed by atoms with Crippen molar-refractivity contribution in [1.29, 1.82) is 0 Å². The number of aliphatic hydroxyl groups is 1. The van der Waals surface area contributed by atoms with Crippen molar-refractivity contribution >= 4 is 33.1 Å². The standard InChI is InChI=1S/C26H31F2N5O5S/c1-17-14-22(31-24(29-17)38-26(6-7-26)16-21(27)28)30-23(35)19-3-2-18(32-39(36,37)13-12-34)15-20(19)33-10-8-25(4-5-25)9-11-33/h2-3,14-16,32,34H,4-13H2,1H3,(H,29,30,31,35). The molecule has 1 aromatic heterocycles. The molecule has 2 aliphatic carbocycles. The van der Waals surface area contributed by atoms with E-state index in [1.165, 1.54) is 18.9 Å². The number of ether oxygens (including phenoxy) is 1. The molecule has 1 aromatic carbocycles. The van der Waals surface area contributed by atoms with E-state index in [0.717, 1.165) is 32.0 Å². The van der Waals surface area contributed by atoms with E-state index in [0.29, 0.717) is 35.2 Å². The van der Waals surface area contributed by atoms with Crippen LogP contribution in [0.2, 0.25) is 0 Å². The number of hydrogen-bond acceptors (Lipinski definition) is 8. The van der Waals surface area contributed by atoms with Crippen molar-refractivity contribution in [3.05, 3.63) is 47.7 Å². The van der Waals surface area contributed by atoms with Crippen molar-refractivity contribution in [1.82, 2.24) is 9.97 Å². The topological polar surface area (TPSA) is 134 Å². The lowest BCUT2D eigenvalue weighted by molar-refractivity contribution is 0.102. The van der Waals surface area contributed by atoms with Crippen molar-refractivity contribution in [3.63, 3.8) is 0 Å². The van der Waals surface area contributed by atoms with Gasteiger partial charge in [0.2, 0.25) is 10.0 Å². The number of carbonyl (C=O) groups is 1. The molecule has 2 aromatic rings. The summed E-state index contributed by atoms with van der Waals surface area (Å²) in [4.78, 5) is 23.9. The highest BCUT2D eigenvalue weighted by Crippen LogP contribution is 2.54. The maximum atomic E-state index is 13.5. The van der Waals surface area contributed by atoms with Gasteiger partial charge in [0.15, 0.2) is 0 Å². The summed E-state index contributed by atoms with van der Waals surface area (Å²) in [6.07, 6.45) is 4.16. The third kappa shape index (κ3) is 6.64. The Morgan fingerprint density at radius 2 is 1.85 bits per heavy atom. The molecule has 39 heavy (non-hydrogen) atoms. The molecule has 0 atom stereocenters. The number of anilines is 3. The second-order valence-corrected chi connectivity index (χ2v) is 12.4. The second kappa shape index (κ2) is 10.3. The van der Waals surface area contributed by atoms with E-state index in [1.807, 2.05) is 0 Å². The van der Waals surface area contributed by atoms with Crippen LogP contribution in [0.5, 0.6) is 6.01 Å². The van der Waals surface area contributed by atoms with Crippen molar-refractivity contribution in [2.24, 2.45) is 5.41 Å². The van der Waals surface area contributed by atoms with E-state index in [4.69, 9.17) is 9.84 Å². The summed E-state index contributed by atoms with van der Waals surface area (Å²) in [5, 5.41) is 11.8. The minimum atomic E-state index is -3.75. The zero-order valence-corrected chi connectivity index (χ0v) is 22.4. The first-order chi connectivity index (χ1) is 18.5. The summed E-state index contributed by atoms with van der Waals surface area (Å²) in [6, 6.07) is 6.10. The van der Waals surface area contributed by atoms with Gasteiger partial charge in [-0.2, -0.15) is 13.8 Å². The van der Waals surface area contributed by atoms with Crippen LogP contribution in [0.1, 0.15) is 54.6 Å². The highest BCUT2D eigenvalue weighted by atomic mass is 32.2. The molecule has 5 rings (SSSR count). The van der Waals surface area contributed by atoms with E-state index in [2.05, 4.69) is 24.9 Å². The normalized spacial score (nSPS) is 18.8. The highest BCUT2D eigenvalue weighted by molar-refractivity contribution is 7.92. The van der Waals surface area contributed by atoms with E-state index in [1.54, 1.807) is 25.1 Å². The Hall–Kier alpha value is -3.32. The maximum Gasteiger partial charge on any atom is 0.319 e. The molecule has 10 nitrogen and oxygen atoms in total. The van der Waals surface area contributed by atoms with Crippen molar-refractivity contribution in [2.45, 2.75) is 51.0 Å². The van der Waals surface area contributed by atoms with Gasteiger partial charge >= 0.3 is 6.01 Å². The molecule has 1 saturated heterocycles. The summed E-state index contributed by atoms with van der Waals surface area (Å²) < 4.78 is 58.2. The number of nitrogens with zero attached hydrogens (tertiary/aromatic N) is 3. The number of aryl methyl sites for hydroxylation is 1. The van der Waals surface area contributed by atoms with Crippen LogP contribution in [0.15, 0.2) is 36.4 Å². The van der Waals surface area contributed by atoms with Crippen LogP contribution >= 0.6 is 0 Å². The first kappa shape index (κ1) is 27.3. The predicted octanol–water partition coefficient (Wildman–Crippen LogP) is 3.84. The summed E-state index contributed by atoms with van der Waals surface area (Å²) in [5.41, 5.74) is 0.941. The molecular formula is C26H31F2N5O5S. The lowest BCUT2D eigenvalue weighted by Gasteiger charge is -2.35. The van der Waals surface area contributed by atoms with Crippen LogP contribution in [0.3, 0.4) is 0 Å². The van der Waals surface area contributed by atoms with Gasteiger partial charge in [-0.3, -0.25) is 9.52 Å². The lowest BCUT2D eigenvalue weighted by atomic mass is 9.93. The molecule has 3 fully saturated rings. The van der Waals surface area contributed by atoms with Gasteiger partial charge in [0.1, 0.15) is 11.4 Å². The summed E-state index contributed by atoms with van der Waals surface area (Å²) >= 11 is 0. The zero-order chi connectivity index (χ0) is 27.8. The summed E-state index contributed by atoms with van der Waals surface area (Å²) in [5.74, 6) is -0.762. The molecule has 0 bridgehead atoms. The van der Waals surface area contributed by atoms with Crippen LogP contribution in [0.25, 0.3) is 0 Å². The Balaban J connectivity index is 1.39. The van der Waals surface area contributed by atoms with Gasteiger partial charge in [0.25, 0.3) is 12.0 Å². The number of nitrogens with one attached hydrogen (secondary N) is 2. The number of piperidine rings is 1. The third-order valence-electron chi connectivity index (χ3n) is 7.48. The molecule has 2 saturated carbocycles. The fraction of sp³-hybridized carbons (Fsp3) is 0.500. The molecule has 1 amide bonds. The van der Waals surface area contributed by atoms with Gasteiger partial charge in [-0.05, 0) is 69.1 Å². The van der Waals surface area contributed by atoms with Crippen LogP contribution in [-0.4, -0.2) is 60.4 Å². The van der Waals surface area contributed by atoms with Crippen molar-refractivity contribution in [3.8, 4) is 6.01 Å². The Kier molecular flexibility index (Phi) is 7.23. The average Bonchev–Trinajstić information content (AvgIpc) is 3.77. The van der Waals surface area contributed by atoms with Crippen LogP contribution in [0.4, 0.5) is 26.0 Å². The number of sulfonamides is 1. The zero-order valence-electron chi connectivity index (χ0n) is 21.5. The monoisotopic (exact) mass is 563 g/mol. The quantitative estimate of drug-likeness (QED) is 0.397. The number of aliphatic hydroxyl groups excluding tert-OH is 1. The van der Waals surface area contributed by atoms with Gasteiger partial charge in [-0.1, -0.05) is 0 Å². The Labute approximate surface area is 225 Å². The number of hydrogen-bond donors (Lipinski definition) is 3. The first-order valence-corrected chi connectivity index (χ1v) is 14.5. The fourth-order valence-electron chi connectivity index (χ4n) is 4.91. The minimum Gasteiger partial charge on any atom is -0.452 e. The van der Waals surface area contributed by atoms with E-state index in [-0.39, 0.29) is 17.5 Å². The van der Waals surface area contributed by atoms with Gasteiger partial charge in [-0.15, -0.1) is 0 Å². The predicted molar refractivity (Wildman–Crippen MR) is 142 cm³/mol. The molecule has 2 heterocycles. The molecule has 3 aliphatic rings. The molecule has 1 spiro atoms.